The number of hydrogen-bond acceptors (Lipinski definition) is 6. The maximum atomic E-state index is 11.1. The number of carbonyl (C=O) groups excluding carboxylic acids is 1. The SMILES string of the molecule is COC(=O)CC/C=C/C[C@@H]1C(/C=C/[C@@H](O)COc2ccccc2)[C@H](O)C[C@@H]1O. The lowest BCUT2D eigenvalue weighted by Crippen LogP contribution is -2.21. The summed E-state index contributed by atoms with van der Waals surface area (Å²) in [5.74, 6) is 0.0456. The van der Waals surface area contributed by atoms with Crippen molar-refractivity contribution in [3.05, 3.63) is 54.6 Å². The molecule has 1 aliphatic rings. The summed E-state index contributed by atoms with van der Waals surface area (Å²) in [6.45, 7) is 0.115. The van der Waals surface area contributed by atoms with Crippen molar-refractivity contribution in [2.45, 2.75) is 44.0 Å². The smallest absolute Gasteiger partial charge is 0.305 e. The van der Waals surface area contributed by atoms with Crippen LogP contribution in [0.2, 0.25) is 0 Å². The number of allylic oxidation sites excluding steroid dienone is 2. The van der Waals surface area contributed by atoms with E-state index in [1.54, 1.807) is 12.2 Å². The van der Waals surface area contributed by atoms with Crippen molar-refractivity contribution in [2.24, 2.45) is 11.8 Å². The number of carbonyl (C=O) groups is 1. The van der Waals surface area contributed by atoms with E-state index in [-0.39, 0.29) is 24.4 Å². The lowest BCUT2D eigenvalue weighted by Gasteiger charge is -2.19. The molecule has 0 spiro atoms. The van der Waals surface area contributed by atoms with Crippen LogP contribution in [-0.4, -0.2) is 53.3 Å². The Kier molecular flexibility index (Phi) is 9.20. The van der Waals surface area contributed by atoms with Gasteiger partial charge in [-0.05, 0) is 30.9 Å². The summed E-state index contributed by atoms with van der Waals surface area (Å²) in [6.07, 6.45) is 6.93. The van der Waals surface area contributed by atoms with Crippen molar-refractivity contribution in [3.63, 3.8) is 0 Å². The molecule has 1 aliphatic carbocycles. The van der Waals surface area contributed by atoms with Crippen molar-refractivity contribution in [3.8, 4) is 5.75 Å². The predicted octanol–water partition coefficient (Wildman–Crippen LogP) is 2.24. The summed E-state index contributed by atoms with van der Waals surface area (Å²) in [6, 6.07) is 9.24. The number of hydrogen-bond donors (Lipinski definition) is 3. The Hall–Kier alpha value is -2.15. The van der Waals surface area contributed by atoms with Gasteiger partial charge in [-0.25, -0.2) is 0 Å². The Morgan fingerprint density at radius 2 is 1.96 bits per heavy atom. The third kappa shape index (κ3) is 7.11. The predicted molar refractivity (Wildman–Crippen MR) is 106 cm³/mol. The zero-order valence-electron chi connectivity index (χ0n) is 16.2. The number of methoxy groups -OCH3 is 1. The van der Waals surface area contributed by atoms with Crippen LogP contribution in [0.3, 0.4) is 0 Å². The van der Waals surface area contributed by atoms with Crippen LogP contribution >= 0.6 is 0 Å². The van der Waals surface area contributed by atoms with E-state index in [2.05, 4.69) is 4.74 Å². The fourth-order valence-corrected chi connectivity index (χ4v) is 3.39. The highest BCUT2D eigenvalue weighted by Gasteiger charge is 2.39. The molecule has 5 atom stereocenters. The number of aliphatic hydroxyl groups excluding tert-OH is 3. The molecule has 0 amide bonds. The third-order valence-corrected chi connectivity index (χ3v) is 4.95. The molecule has 28 heavy (non-hydrogen) atoms. The summed E-state index contributed by atoms with van der Waals surface area (Å²) in [7, 11) is 1.36. The molecule has 154 valence electrons. The van der Waals surface area contributed by atoms with Crippen molar-refractivity contribution in [1.29, 1.82) is 0 Å². The Labute approximate surface area is 166 Å². The number of benzene rings is 1. The molecule has 1 aromatic rings. The van der Waals surface area contributed by atoms with Crippen LogP contribution in [0, 0.1) is 11.8 Å². The van der Waals surface area contributed by atoms with Gasteiger partial charge in [0.05, 0.1) is 19.3 Å². The van der Waals surface area contributed by atoms with E-state index in [0.717, 1.165) is 0 Å². The second-order valence-electron chi connectivity index (χ2n) is 7.01. The largest absolute Gasteiger partial charge is 0.491 e. The normalized spacial score (nSPS) is 26.0. The second kappa shape index (κ2) is 11.6. The number of esters is 1. The van der Waals surface area contributed by atoms with Crippen molar-refractivity contribution >= 4 is 5.97 Å². The molecule has 0 aromatic heterocycles. The van der Waals surface area contributed by atoms with E-state index < -0.39 is 18.3 Å². The molecule has 1 aromatic carbocycles. The number of aliphatic hydroxyl groups is 3. The molecular formula is C22H30O6. The Bertz CT molecular complexity index is 642. The molecule has 3 N–H and O–H groups in total. The molecule has 0 saturated heterocycles. The fraction of sp³-hybridized carbons (Fsp3) is 0.500. The van der Waals surface area contributed by atoms with E-state index in [1.165, 1.54) is 7.11 Å². The molecule has 0 heterocycles. The minimum Gasteiger partial charge on any atom is -0.491 e. The zero-order valence-corrected chi connectivity index (χ0v) is 16.2. The lowest BCUT2D eigenvalue weighted by atomic mass is 9.89. The van der Waals surface area contributed by atoms with E-state index in [9.17, 15) is 20.1 Å². The van der Waals surface area contributed by atoms with Crippen LogP contribution in [-0.2, 0) is 9.53 Å². The summed E-state index contributed by atoms with van der Waals surface area (Å²) in [5.41, 5.74) is 0. The van der Waals surface area contributed by atoms with Gasteiger partial charge in [-0.3, -0.25) is 4.79 Å². The summed E-state index contributed by atoms with van der Waals surface area (Å²) >= 11 is 0. The van der Waals surface area contributed by atoms with Crippen LogP contribution in [0.5, 0.6) is 5.75 Å². The van der Waals surface area contributed by atoms with Gasteiger partial charge in [0, 0.05) is 18.8 Å². The molecule has 6 nitrogen and oxygen atoms in total. The van der Waals surface area contributed by atoms with E-state index in [1.807, 2.05) is 42.5 Å². The molecule has 1 fully saturated rings. The van der Waals surface area contributed by atoms with Crippen molar-refractivity contribution in [1.82, 2.24) is 0 Å². The second-order valence-corrected chi connectivity index (χ2v) is 7.01. The van der Waals surface area contributed by atoms with Crippen LogP contribution in [0.25, 0.3) is 0 Å². The first kappa shape index (κ1) is 22.1. The van der Waals surface area contributed by atoms with E-state index in [4.69, 9.17) is 4.74 Å². The highest BCUT2D eigenvalue weighted by atomic mass is 16.5. The standard InChI is InChI=1S/C22H30O6/c1-27-22(26)11-7-3-6-10-18-19(21(25)14-20(18)24)13-12-16(23)15-28-17-8-4-2-5-9-17/h2-6,8-9,12-13,16,18-21,23-25H,7,10-11,14-15H2,1H3/b6-3+,13-12+/t16-,18-,19?,20+,21-/m1/s1. The topological polar surface area (TPSA) is 96.2 Å². The lowest BCUT2D eigenvalue weighted by molar-refractivity contribution is -0.140. The molecular weight excluding hydrogens is 360 g/mol. The molecule has 2 rings (SSSR count). The van der Waals surface area contributed by atoms with Gasteiger partial charge in [0.15, 0.2) is 0 Å². The molecule has 0 aliphatic heterocycles. The maximum absolute atomic E-state index is 11.1. The Morgan fingerprint density at radius 1 is 1.21 bits per heavy atom. The first-order valence-electron chi connectivity index (χ1n) is 9.63. The van der Waals surface area contributed by atoms with Crippen molar-refractivity contribution < 1.29 is 29.6 Å². The van der Waals surface area contributed by atoms with Gasteiger partial charge in [-0.15, -0.1) is 0 Å². The third-order valence-electron chi connectivity index (χ3n) is 4.95. The average Bonchev–Trinajstić information content (AvgIpc) is 2.97. The molecule has 1 saturated carbocycles. The van der Waals surface area contributed by atoms with Gasteiger partial charge in [-0.2, -0.15) is 0 Å². The molecule has 0 radical (unpaired) electrons. The maximum Gasteiger partial charge on any atom is 0.305 e. The average molecular weight is 390 g/mol. The van der Waals surface area contributed by atoms with Crippen LogP contribution < -0.4 is 4.74 Å². The minimum absolute atomic E-state index is 0.115. The fourth-order valence-electron chi connectivity index (χ4n) is 3.39. The molecule has 0 bridgehead atoms. The van der Waals surface area contributed by atoms with Crippen LogP contribution in [0.15, 0.2) is 54.6 Å². The van der Waals surface area contributed by atoms with Gasteiger partial charge in [0.1, 0.15) is 18.5 Å². The quantitative estimate of drug-likeness (QED) is 0.419. The molecule has 6 heteroatoms. The highest BCUT2D eigenvalue weighted by Crippen LogP contribution is 2.36. The number of rotatable bonds is 10. The summed E-state index contributed by atoms with van der Waals surface area (Å²) in [4.78, 5) is 11.1. The number of ether oxygens (including phenoxy) is 2. The van der Waals surface area contributed by atoms with Gasteiger partial charge >= 0.3 is 5.97 Å². The minimum atomic E-state index is -0.804. The van der Waals surface area contributed by atoms with Gasteiger partial charge in [-0.1, -0.05) is 42.5 Å². The zero-order chi connectivity index (χ0) is 20.4. The van der Waals surface area contributed by atoms with E-state index >= 15 is 0 Å². The first-order valence-corrected chi connectivity index (χ1v) is 9.63. The van der Waals surface area contributed by atoms with Crippen molar-refractivity contribution in [2.75, 3.05) is 13.7 Å². The van der Waals surface area contributed by atoms with Gasteiger partial charge in [0.25, 0.3) is 0 Å². The first-order chi connectivity index (χ1) is 13.5. The van der Waals surface area contributed by atoms with Gasteiger partial charge in [0.2, 0.25) is 0 Å². The van der Waals surface area contributed by atoms with Gasteiger partial charge < -0.3 is 24.8 Å². The van der Waals surface area contributed by atoms with E-state index in [0.29, 0.717) is 31.4 Å². The molecule has 1 unspecified atom stereocenters. The number of para-hydroxylation sites is 1. The van der Waals surface area contributed by atoms with Crippen LogP contribution in [0.1, 0.15) is 25.7 Å². The monoisotopic (exact) mass is 390 g/mol. The Balaban J connectivity index is 1.83. The Morgan fingerprint density at radius 3 is 2.68 bits per heavy atom. The van der Waals surface area contributed by atoms with Crippen LogP contribution in [0.4, 0.5) is 0 Å². The highest BCUT2D eigenvalue weighted by molar-refractivity contribution is 5.69. The summed E-state index contributed by atoms with van der Waals surface area (Å²) in [5, 5.41) is 30.6. The summed E-state index contributed by atoms with van der Waals surface area (Å²) < 4.78 is 10.1.